The molecule has 30 heavy (non-hydrogen) atoms. The zero-order valence-electron chi connectivity index (χ0n) is 18.1. The minimum Gasteiger partial charge on any atom is -0.494 e. The number of hydrogen-bond acceptors (Lipinski definition) is 4. The Bertz CT molecular complexity index is 805. The predicted octanol–water partition coefficient (Wildman–Crippen LogP) is 4.61. The number of ether oxygens (including phenoxy) is 2. The summed E-state index contributed by atoms with van der Waals surface area (Å²) in [6.45, 7) is 6.84. The van der Waals surface area contributed by atoms with Crippen LogP contribution in [0.1, 0.15) is 68.3 Å². The number of rotatable bonds is 11. The van der Waals surface area contributed by atoms with Crippen molar-refractivity contribution in [2.45, 2.75) is 52.4 Å². The lowest BCUT2D eigenvalue weighted by Crippen LogP contribution is -2.43. The maximum absolute atomic E-state index is 12.2. The molecule has 0 bridgehead atoms. The monoisotopic (exact) mass is 412 g/mol. The lowest BCUT2D eigenvalue weighted by atomic mass is 9.98. The Balaban J connectivity index is 1.77. The van der Waals surface area contributed by atoms with Gasteiger partial charge in [-0.2, -0.15) is 0 Å². The fraction of sp³-hybridized carbons (Fsp3) is 0.417. The molecule has 0 heterocycles. The molecule has 2 aromatic carbocycles. The first-order valence-electron chi connectivity index (χ1n) is 10.6. The highest BCUT2D eigenvalue weighted by atomic mass is 16.5. The highest BCUT2D eigenvalue weighted by Crippen LogP contribution is 2.28. The van der Waals surface area contributed by atoms with Crippen LogP contribution in [0, 0.1) is 0 Å². The van der Waals surface area contributed by atoms with Crippen molar-refractivity contribution in [3.05, 3.63) is 59.7 Å². The largest absolute Gasteiger partial charge is 0.494 e. The van der Waals surface area contributed by atoms with E-state index in [4.69, 9.17) is 9.47 Å². The molecule has 0 aliphatic heterocycles. The summed E-state index contributed by atoms with van der Waals surface area (Å²) in [5, 5.41) is 0. The number of amides is 2. The van der Waals surface area contributed by atoms with Gasteiger partial charge in [0.25, 0.3) is 11.8 Å². The molecule has 2 rings (SSSR count). The predicted molar refractivity (Wildman–Crippen MR) is 118 cm³/mol. The first kappa shape index (κ1) is 23.3. The Kier molecular flexibility index (Phi) is 9.71. The number of hydrazine groups is 1. The summed E-state index contributed by atoms with van der Waals surface area (Å²) >= 11 is 0. The molecule has 0 aromatic heterocycles. The van der Waals surface area contributed by atoms with E-state index in [2.05, 4.69) is 31.6 Å². The van der Waals surface area contributed by atoms with Crippen molar-refractivity contribution < 1.29 is 19.1 Å². The van der Waals surface area contributed by atoms with Gasteiger partial charge in [0.05, 0.1) is 6.61 Å². The van der Waals surface area contributed by atoms with E-state index in [1.54, 1.807) is 24.3 Å². The number of benzene rings is 2. The van der Waals surface area contributed by atoms with E-state index in [0.29, 0.717) is 23.8 Å². The van der Waals surface area contributed by atoms with Crippen LogP contribution in [-0.2, 0) is 4.79 Å². The fourth-order valence-electron chi connectivity index (χ4n) is 2.86. The minimum absolute atomic E-state index is 0.182. The van der Waals surface area contributed by atoms with Crippen molar-refractivity contribution in [2.24, 2.45) is 0 Å². The Labute approximate surface area is 178 Å². The van der Waals surface area contributed by atoms with E-state index >= 15 is 0 Å². The molecular formula is C24H32N2O4. The first-order chi connectivity index (χ1) is 14.5. The summed E-state index contributed by atoms with van der Waals surface area (Å²) in [4.78, 5) is 24.3. The topological polar surface area (TPSA) is 76.7 Å². The Morgan fingerprint density at radius 2 is 1.67 bits per heavy atom. The smallest absolute Gasteiger partial charge is 0.276 e. The van der Waals surface area contributed by atoms with Crippen LogP contribution in [0.25, 0.3) is 0 Å². The van der Waals surface area contributed by atoms with Crippen LogP contribution >= 0.6 is 0 Å². The molecule has 2 amide bonds. The zero-order chi connectivity index (χ0) is 21.8. The van der Waals surface area contributed by atoms with Gasteiger partial charge in [0, 0.05) is 5.56 Å². The van der Waals surface area contributed by atoms with E-state index in [1.807, 2.05) is 24.3 Å². The van der Waals surface area contributed by atoms with E-state index in [1.165, 1.54) is 0 Å². The van der Waals surface area contributed by atoms with Gasteiger partial charge in [-0.25, -0.2) is 0 Å². The summed E-state index contributed by atoms with van der Waals surface area (Å²) in [5.74, 6) is 0.907. The minimum atomic E-state index is -0.432. The van der Waals surface area contributed by atoms with E-state index in [-0.39, 0.29) is 6.61 Å². The SMILES string of the molecule is CCCCCOc1ccc(C(=O)NNC(=O)COc2ccccc2[C@@H](C)CC)cc1. The van der Waals surface area contributed by atoms with Gasteiger partial charge in [-0.15, -0.1) is 0 Å². The van der Waals surface area contributed by atoms with Crippen molar-refractivity contribution in [3.8, 4) is 11.5 Å². The molecule has 6 nitrogen and oxygen atoms in total. The standard InChI is InChI=1S/C24H32N2O4/c1-4-6-9-16-29-20-14-12-19(13-15-20)24(28)26-25-23(27)17-30-22-11-8-7-10-21(22)18(3)5-2/h7-8,10-15,18H,4-6,9,16-17H2,1-3H3,(H,25,27)(H,26,28)/t18-/m0/s1. The second-order valence-corrected chi connectivity index (χ2v) is 7.22. The van der Waals surface area contributed by atoms with E-state index in [9.17, 15) is 9.59 Å². The van der Waals surface area contributed by atoms with Crippen molar-refractivity contribution >= 4 is 11.8 Å². The summed E-state index contributed by atoms with van der Waals surface area (Å²) in [6.07, 6.45) is 4.26. The van der Waals surface area contributed by atoms with Crippen LogP contribution in [-0.4, -0.2) is 25.0 Å². The van der Waals surface area contributed by atoms with Crippen LogP contribution in [0.4, 0.5) is 0 Å². The molecule has 0 unspecified atom stereocenters. The average Bonchev–Trinajstić information content (AvgIpc) is 2.79. The summed E-state index contributed by atoms with van der Waals surface area (Å²) in [7, 11) is 0. The normalized spacial score (nSPS) is 11.4. The van der Waals surface area contributed by atoms with Crippen molar-refractivity contribution in [2.75, 3.05) is 13.2 Å². The molecule has 6 heteroatoms. The molecule has 162 valence electrons. The van der Waals surface area contributed by atoms with Crippen LogP contribution in [0.5, 0.6) is 11.5 Å². The molecule has 0 saturated carbocycles. The van der Waals surface area contributed by atoms with Crippen LogP contribution in [0.3, 0.4) is 0 Å². The molecule has 0 aliphatic rings. The molecule has 0 fully saturated rings. The molecule has 2 N–H and O–H groups in total. The third kappa shape index (κ3) is 7.43. The highest BCUT2D eigenvalue weighted by Gasteiger charge is 2.12. The van der Waals surface area contributed by atoms with Gasteiger partial charge in [-0.3, -0.25) is 20.4 Å². The Morgan fingerprint density at radius 3 is 2.37 bits per heavy atom. The second kappa shape index (κ2) is 12.5. The molecular weight excluding hydrogens is 380 g/mol. The van der Waals surface area contributed by atoms with Gasteiger partial charge < -0.3 is 9.47 Å². The first-order valence-corrected chi connectivity index (χ1v) is 10.6. The fourth-order valence-corrected chi connectivity index (χ4v) is 2.86. The second-order valence-electron chi connectivity index (χ2n) is 7.22. The zero-order valence-corrected chi connectivity index (χ0v) is 18.1. The quantitative estimate of drug-likeness (QED) is 0.417. The maximum Gasteiger partial charge on any atom is 0.276 e. The molecule has 0 radical (unpaired) electrons. The summed E-state index contributed by atoms with van der Waals surface area (Å²) < 4.78 is 11.3. The Hall–Kier alpha value is -3.02. The van der Waals surface area contributed by atoms with Gasteiger partial charge in [0.2, 0.25) is 0 Å². The van der Waals surface area contributed by atoms with Gasteiger partial charge >= 0.3 is 0 Å². The number of carbonyl (C=O) groups is 2. The maximum atomic E-state index is 12.2. The molecule has 0 spiro atoms. The number of para-hydroxylation sites is 1. The summed E-state index contributed by atoms with van der Waals surface area (Å²) in [5.41, 5.74) is 6.28. The lowest BCUT2D eigenvalue weighted by Gasteiger charge is -2.15. The molecule has 1 atom stereocenters. The molecule has 2 aromatic rings. The summed E-state index contributed by atoms with van der Waals surface area (Å²) in [6, 6.07) is 14.5. The molecule has 0 aliphatic carbocycles. The van der Waals surface area contributed by atoms with Gasteiger partial charge in [0.1, 0.15) is 11.5 Å². The van der Waals surface area contributed by atoms with E-state index in [0.717, 1.165) is 37.0 Å². The number of unbranched alkanes of at least 4 members (excludes halogenated alkanes) is 2. The number of carbonyl (C=O) groups excluding carboxylic acids is 2. The van der Waals surface area contributed by atoms with E-state index < -0.39 is 11.8 Å². The number of hydrogen-bond donors (Lipinski definition) is 2. The van der Waals surface area contributed by atoms with Crippen LogP contribution in [0.2, 0.25) is 0 Å². The highest BCUT2D eigenvalue weighted by molar-refractivity contribution is 5.95. The van der Waals surface area contributed by atoms with Gasteiger partial charge in [-0.1, -0.05) is 51.8 Å². The third-order valence-corrected chi connectivity index (χ3v) is 4.87. The van der Waals surface area contributed by atoms with Crippen LogP contribution < -0.4 is 20.3 Å². The van der Waals surface area contributed by atoms with Crippen molar-refractivity contribution in [1.29, 1.82) is 0 Å². The third-order valence-electron chi connectivity index (χ3n) is 4.87. The van der Waals surface area contributed by atoms with Crippen molar-refractivity contribution in [1.82, 2.24) is 10.9 Å². The Morgan fingerprint density at radius 1 is 0.933 bits per heavy atom. The van der Waals surface area contributed by atoms with Crippen molar-refractivity contribution in [3.63, 3.8) is 0 Å². The van der Waals surface area contributed by atoms with Crippen LogP contribution in [0.15, 0.2) is 48.5 Å². The molecule has 0 saturated heterocycles. The van der Waals surface area contributed by atoms with Gasteiger partial charge in [-0.05, 0) is 54.7 Å². The lowest BCUT2D eigenvalue weighted by molar-refractivity contribution is -0.123. The van der Waals surface area contributed by atoms with Gasteiger partial charge in [0.15, 0.2) is 6.61 Å². The average molecular weight is 413 g/mol. The number of nitrogens with one attached hydrogen (secondary N) is 2.